The number of rotatable bonds is 5. The smallest absolute Gasteiger partial charge is 0.0474 e. The molecule has 1 aliphatic carbocycles. The summed E-state index contributed by atoms with van der Waals surface area (Å²) in [6.45, 7) is 7.05. The molecular formula is C25H33ClN2. The van der Waals surface area contributed by atoms with E-state index in [4.69, 9.17) is 11.6 Å². The van der Waals surface area contributed by atoms with Crippen LogP contribution in [-0.4, -0.2) is 42.0 Å². The van der Waals surface area contributed by atoms with Crippen LogP contribution in [0.15, 0.2) is 54.6 Å². The first kappa shape index (κ1) is 19.9. The van der Waals surface area contributed by atoms with E-state index in [-0.39, 0.29) is 5.54 Å². The minimum Gasteiger partial charge on any atom is -0.298 e. The minimum atomic E-state index is -0.0368. The first-order valence-corrected chi connectivity index (χ1v) is 11.3. The van der Waals surface area contributed by atoms with E-state index >= 15 is 0 Å². The molecule has 2 fully saturated rings. The van der Waals surface area contributed by atoms with Crippen molar-refractivity contribution in [2.75, 3.05) is 26.2 Å². The Balaban J connectivity index is 1.54. The second-order valence-electron chi connectivity index (χ2n) is 8.72. The Morgan fingerprint density at radius 3 is 2.18 bits per heavy atom. The van der Waals surface area contributed by atoms with Crippen LogP contribution in [0.2, 0.25) is 5.02 Å². The van der Waals surface area contributed by atoms with Gasteiger partial charge in [0, 0.05) is 42.8 Å². The van der Waals surface area contributed by atoms with Gasteiger partial charge in [0.2, 0.25) is 0 Å². The van der Waals surface area contributed by atoms with E-state index in [1.165, 1.54) is 56.3 Å². The summed E-state index contributed by atoms with van der Waals surface area (Å²) in [4.78, 5) is 5.46. The number of halogens is 1. The fraction of sp³-hybridized carbons (Fsp3) is 0.520. The topological polar surface area (TPSA) is 6.48 Å². The zero-order chi connectivity index (χ0) is 19.4. The van der Waals surface area contributed by atoms with Crippen molar-refractivity contribution in [1.29, 1.82) is 0 Å². The highest BCUT2D eigenvalue weighted by Gasteiger charge is 2.37. The van der Waals surface area contributed by atoms with E-state index in [0.29, 0.717) is 0 Å². The van der Waals surface area contributed by atoms with Crippen LogP contribution >= 0.6 is 11.6 Å². The lowest BCUT2D eigenvalue weighted by molar-refractivity contribution is 0.0162. The Kier molecular flexibility index (Phi) is 6.40. The molecule has 1 aliphatic heterocycles. The number of nitrogens with zero attached hydrogens (tertiary/aromatic N) is 2. The molecular weight excluding hydrogens is 364 g/mol. The third kappa shape index (κ3) is 4.30. The summed E-state index contributed by atoms with van der Waals surface area (Å²) in [5, 5.41) is 0.880. The zero-order valence-electron chi connectivity index (χ0n) is 17.1. The lowest BCUT2D eigenvalue weighted by Gasteiger charge is -2.48. The molecule has 2 aliphatic rings. The summed E-state index contributed by atoms with van der Waals surface area (Å²) in [6.07, 6.45) is 8.00. The van der Waals surface area contributed by atoms with Crippen molar-refractivity contribution in [3.63, 3.8) is 0 Å². The fourth-order valence-corrected chi connectivity index (χ4v) is 5.44. The molecule has 2 aromatic carbocycles. The van der Waals surface area contributed by atoms with E-state index in [9.17, 15) is 0 Å². The second-order valence-corrected chi connectivity index (χ2v) is 9.13. The number of benzene rings is 2. The van der Waals surface area contributed by atoms with Crippen LogP contribution in [0.4, 0.5) is 0 Å². The molecule has 0 aromatic heterocycles. The van der Waals surface area contributed by atoms with Crippen LogP contribution < -0.4 is 0 Å². The molecule has 1 saturated heterocycles. The zero-order valence-corrected chi connectivity index (χ0v) is 17.9. The molecule has 0 spiro atoms. The van der Waals surface area contributed by atoms with Crippen LogP contribution in [0.3, 0.4) is 0 Å². The van der Waals surface area contributed by atoms with E-state index in [2.05, 4.69) is 59.2 Å². The summed E-state index contributed by atoms with van der Waals surface area (Å²) in [5.41, 5.74) is 2.59. The average molecular weight is 397 g/mol. The maximum absolute atomic E-state index is 6.55. The Hall–Kier alpha value is -1.35. The summed E-state index contributed by atoms with van der Waals surface area (Å²) in [6, 6.07) is 20.2. The van der Waals surface area contributed by atoms with Gasteiger partial charge >= 0.3 is 0 Å². The Morgan fingerprint density at radius 2 is 1.50 bits per heavy atom. The maximum Gasteiger partial charge on any atom is 0.0474 e. The van der Waals surface area contributed by atoms with Crippen molar-refractivity contribution in [2.45, 2.75) is 57.0 Å². The molecule has 1 saturated carbocycles. The van der Waals surface area contributed by atoms with Gasteiger partial charge in [0.1, 0.15) is 0 Å². The van der Waals surface area contributed by atoms with Crippen molar-refractivity contribution in [3.05, 3.63) is 70.7 Å². The SMILES string of the molecule is CC(Cc1ccccc1Cl)(c1ccccc1)N1CCN(C2CCCCC2)CC1. The Bertz CT molecular complexity index is 748. The summed E-state index contributed by atoms with van der Waals surface area (Å²) < 4.78 is 0. The monoisotopic (exact) mass is 396 g/mol. The average Bonchev–Trinajstić information content (AvgIpc) is 2.77. The van der Waals surface area contributed by atoms with Crippen molar-refractivity contribution in [1.82, 2.24) is 9.80 Å². The van der Waals surface area contributed by atoms with E-state index < -0.39 is 0 Å². The molecule has 2 nitrogen and oxygen atoms in total. The molecule has 4 rings (SSSR count). The van der Waals surface area contributed by atoms with Crippen LogP contribution in [0.25, 0.3) is 0 Å². The van der Waals surface area contributed by atoms with Crippen molar-refractivity contribution < 1.29 is 0 Å². The van der Waals surface area contributed by atoms with Gasteiger partial charge < -0.3 is 0 Å². The lowest BCUT2D eigenvalue weighted by atomic mass is 9.83. The third-order valence-corrected chi connectivity index (χ3v) is 7.36. The molecule has 0 amide bonds. The molecule has 28 heavy (non-hydrogen) atoms. The molecule has 1 unspecified atom stereocenters. The van der Waals surface area contributed by atoms with Crippen LogP contribution in [0, 0.1) is 0 Å². The van der Waals surface area contributed by atoms with E-state index in [1.54, 1.807) is 0 Å². The summed E-state index contributed by atoms with van der Waals surface area (Å²) in [5.74, 6) is 0. The highest BCUT2D eigenvalue weighted by Crippen LogP contribution is 2.35. The molecule has 3 heteroatoms. The molecule has 2 aromatic rings. The fourth-order valence-electron chi connectivity index (χ4n) is 5.23. The van der Waals surface area contributed by atoms with Crippen molar-refractivity contribution in [2.24, 2.45) is 0 Å². The maximum atomic E-state index is 6.55. The standard InChI is InChI=1S/C25H33ClN2/c1-25(22-11-4-2-5-12-22,20-21-10-8-9-15-24(21)26)28-18-16-27(17-19-28)23-13-6-3-7-14-23/h2,4-5,8-12,15,23H,3,6-7,13-14,16-20H2,1H3. The van der Waals surface area contributed by atoms with Crippen LogP contribution in [-0.2, 0) is 12.0 Å². The normalized spacial score (nSPS) is 22.1. The second kappa shape index (κ2) is 8.98. The quantitative estimate of drug-likeness (QED) is 0.635. The molecule has 0 bridgehead atoms. The van der Waals surface area contributed by atoms with Gasteiger partial charge in [-0.25, -0.2) is 0 Å². The van der Waals surface area contributed by atoms with Gasteiger partial charge in [-0.05, 0) is 43.4 Å². The van der Waals surface area contributed by atoms with Gasteiger partial charge in [-0.3, -0.25) is 9.80 Å². The predicted octanol–water partition coefficient (Wildman–Crippen LogP) is 5.75. The molecule has 150 valence electrons. The Morgan fingerprint density at radius 1 is 0.857 bits per heavy atom. The first-order chi connectivity index (χ1) is 13.7. The predicted molar refractivity (Wildman–Crippen MR) is 119 cm³/mol. The molecule has 1 atom stereocenters. The van der Waals surface area contributed by atoms with Gasteiger partial charge in [-0.15, -0.1) is 0 Å². The largest absolute Gasteiger partial charge is 0.298 e. The number of hydrogen-bond donors (Lipinski definition) is 0. The highest BCUT2D eigenvalue weighted by atomic mass is 35.5. The molecule has 0 N–H and O–H groups in total. The Labute approximate surface area is 175 Å². The molecule has 0 radical (unpaired) electrons. The van der Waals surface area contributed by atoms with Gasteiger partial charge in [0.05, 0.1) is 0 Å². The summed E-state index contributed by atoms with van der Waals surface area (Å²) in [7, 11) is 0. The highest BCUT2D eigenvalue weighted by molar-refractivity contribution is 6.31. The van der Waals surface area contributed by atoms with Gasteiger partial charge in [-0.1, -0.05) is 79.4 Å². The van der Waals surface area contributed by atoms with Crippen molar-refractivity contribution >= 4 is 11.6 Å². The third-order valence-electron chi connectivity index (χ3n) is 6.99. The minimum absolute atomic E-state index is 0.0368. The van der Waals surface area contributed by atoms with Crippen LogP contribution in [0.1, 0.15) is 50.2 Å². The van der Waals surface area contributed by atoms with Crippen LogP contribution in [0.5, 0.6) is 0 Å². The number of piperazine rings is 1. The van der Waals surface area contributed by atoms with Crippen molar-refractivity contribution in [3.8, 4) is 0 Å². The van der Waals surface area contributed by atoms with E-state index in [0.717, 1.165) is 30.6 Å². The first-order valence-electron chi connectivity index (χ1n) is 10.9. The summed E-state index contributed by atoms with van der Waals surface area (Å²) >= 11 is 6.55. The van der Waals surface area contributed by atoms with E-state index in [1.807, 2.05) is 12.1 Å². The lowest BCUT2D eigenvalue weighted by Crippen LogP contribution is -2.57. The van der Waals surface area contributed by atoms with Gasteiger partial charge in [0.25, 0.3) is 0 Å². The van der Waals surface area contributed by atoms with Gasteiger partial charge in [0.15, 0.2) is 0 Å². The molecule has 1 heterocycles. The number of hydrogen-bond acceptors (Lipinski definition) is 2. The van der Waals surface area contributed by atoms with Gasteiger partial charge in [-0.2, -0.15) is 0 Å².